The Kier molecular flexibility index (Phi) is 4.57. The molecule has 0 radical (unpaired) electrons. The Morgan fingerprint density at radius 1 is 0.491 bits per heavy atom. The van der Waals surface area contributed by atoms with Gasteiger partial charge >= 0.3 is 0 Å². The third-order valence-electron chi connectivity index (χ3n) is 12.9. The molecule has 1 spiro atoms. The van der Waals surface area contributed by atoms with Crippen LogP contribution in [0.25, 0.3) is 71.7 Å². The highest BCUT2D eigenvalue weighted by molar-refractivity contribution is 6.99. The Labute approximate surface area is 304 Å². The van der Waals surface area contributed by atoms with Gasteiger partial charge in [-0.2, -0.15) is 0 Å². The van der Waals surface area contributed by atoms with E-state index in [-0.39, 0.29) is 6.71 Å². The number of nitrogens with zero attached hydrogens (tertiary/aromatic N) is 1. The number of furan rings is 1. The Hall–Kier alpha value is -6.78. The summed E-state index contributed by atoms with van der Waals surface area (Å²) in [5, 5.41) is 4.68. The number of hydrogen-bond donors (Lipinski definition) is 0. The molecule has 0 bridgehead atoms. The maximum atomic E-state index is 7.14. The minimum Gasteiger partial charge on any atom is -0.458 e. The lowest BCUT2D eigenvalue weighted by Crippen LogP contribution is -2.58. The fourth-order valence-electron chi connectivity index (χ4n) is 11.0. The molecule has 10 aromatic rings. The van der Waals surface area contributed by atoms with Gasteiger partial charge in [0.2, 0.25) is 0 Å². The van der Waals surface area contributed by atoms with Crippen molar-refractivity contribution in [2.75, 3.05) is 0 Å². The summed E-state index contributed by atoms with van der Waals surface area (Å²) in [5.74, 6) is 1.85. The summed E-state index contributed by atoms with van der Waals surface area (Å²) in [6, 6.07) is 58.2. The van der Waals surface area contributed by atoms with Crippen LogP contribution in [0, 0.1) is 0 Å². The number of rotatable bonds is 0. The van der Waals surface area contributed by atoms with Crippen LogP contribution >= 0.6 is 0 Å². The first-order chi connectivity index (χ1) is 26.3. The van der Waals surface area contributed by atoms with Gasteiger partial charge in [-0.3, -0.25) is 0 Å². The molecule has 4 heterocycles. The van der Waals surface area contributed by atoms with Crippen molar-refractivity contribution in [3.05, 3.63) is 180 Å². The summed E-state index contributed by atoms with van der Waals surface area (Å²) >= 11 is 0. The second-order valence-corrected chi connectivity index (χ2v) is 15.1. The van der Waals surface area contributed by atoms with E-state index in [1.807, 2.05) is 0 Å². The van der Waals surface area contributed by atoms with Crippen molar-refractivity contribution in [1.82, 2.24) is 4.57 Å². The molecule has 3 nitrogen and oxygen atoms in total. The fraction of sp³-hybridized carbons (Fsp3) is 0.0204. The van der Waals surface area contributed by atoms with Crippen LogP contribution in [0.1, 0.15) is 22.3 Å². The lowest BCUT2D eigenvalue weighted by Gasteiger charge is -2.35. The quantitative estimate of drug-likeness (QED) is 0.150. The molecule has 0 N–H and O–H groups in total. The van der Waals surface area contributed by atoms with Crippen molar-refractivity contribution in [3.8, 4) is 39.4 Å². The fourth-order valence-corrected chi connectivity index (χ4v) is 11.0. The first-order valence-electron chi connectivity index (χ1n) is 18.5. The summed E-state index contributed by atoms with van der Waals surface area (Å²) < 4.78 is 16.3. The molecule has 0 amide bonds. The highest BCUT2D eigenvalue weighted by atomic mass is 16.5. The number of ether oxygens (including phenoxy) is 1. The third kappa shape index (κ3) is 2.92. The van der Waals surface area contributed by atoms with E-state index in [9.17, 15) is 0 Å². The van der Waals surface area contributed by atoms with Crippen LogP contribution in [0.2, 0.25) is 0 Å². The monoisotopic (exact) mass is 671 g/mol. The zero-order valence-corrected chi connectivity index (χ0v) is 28.4. The Morgan fingerprint density at radius 2 is 1.15 bits per heavy atom. The van der Waals surface area contributed by atoms with Gasteiger partial charge in [0.05, 0.1) is 21.8 Å². The predicted octanol–water partition coefficient (Wildman–Crippen LogP) is 9.96. The molecule has 0 fully saturated rings. The van der Waals surface area contributed by atoms with Crippen molar-refractivity contribution >= 4 is 66.8 Å². The molecule has 0 atom stereocenters. The van der Waals surface area contributed by atoms with Gasteiger partial charge in [0.15, 0.2) is 0 Å². The summed E-state index contributed by atoms with van der Waals surface area (Å²) in [5.41, 5.74) is 19.2. The summed E-state index contributed by atoms with van der Waals surface area (Å²) in [6.45, 7) is -0.0283. The zero-order valence-electron chi connectivity index (χ0n) is 28.4. The normalized spacial score (nSPS) is 14.7. The van der Waals surface area contributed by atoms with Gasteiger partial charge in [-0.15, -0.1) is 0 Å². The minimum absolute atomic E-state index is 0.0283. The number of benzene rings is 8. The molecule has 53 heavy (non-hydrogen) atoms. The number of aromatic nitrogens is 1. The molecule has 2 aromatic heterocycles. The van der Waals surface area contributed by atoms with Crippen LogP contribution in [-0.4, -0.2) is 11.3 Å². The topological polar surface area (TPSA) is 27.3 Å². The number of hydrogen-bond acceptors (Lipinski definition) is 2. The standard InChI is InChI=1S/C49H26BNO2/c1-6-17-34-27(12-1)28-13-2-7-18-35(28)49(34)36-19-8-3-14-29(36)32-24-38-44(26-37(32)49)52-43-23-11-21-41-46(43)50(38)39-25-33-30-15-5-10-22-42(30)53-48(33)45-31-16-4-9-20-40(31)51(41)47(39)45/h1-26H. The van der Waals surface area contributed by atoms with E-state index in [0.29, 0.717) is 0 Å². The molecule has 0 saturated heterocycles. The largest absolute Gasteiger partial charge is 0.458 e. The summed E-state index contributed by atoms with van der Waals surface area (Å²) in [6.07, 6.45) is 0. The highest BCUT2D eigenvalue weighted by Gasteiger charge is 2.53. The Morgan fingerprint density at radius 3 is 1.92 bits per heavy atom. The average Bonchev–Trinajstić information content (AvgIpc) is 3.93. The Balaban J connectivity index is 1.14. The van der Waals surface area contributed by atoms with E-state index in [1.54, 1.807) is 0 Å². The van der Waals surface area contributed by atoms with E-state index >= 15 is 0 Å². The number of fused-ring (bicyclic) bond motifs is 21. The van der Waals surface area contributed by atoms with Crippen molar-refractivity contribution in [2.45, 2.75) is 5.41 Å². The second kappa shape index (κ2) is 8.98. The highest BCUT2D eigenvalue weighted by Crippen LogP contribution is 2.63. The van der Waals surface area contributed by atoms with Crippen molar-refractivity contribution in [1.29, 1.82) is 0 Å². The molecule has 8 aromatic carbocycles. The van der Waals surface area contributed by atoms with Gasteiger partial charge in [0.25, 0.3) is 6.71 Å². The summed E-state index contributed by atoms with van der Waals surface area (Å²) in [7, 11) is 0. The summed E-state index contributed by atoms with van der Waals surface area (Å²) in [4.78, 5) is 0. The van der Waals surface area contributed by atoms with Gasteiger partial charge in [0, 0.05) is 21.8 Å². The molecule has 2 aliphatic heterocycles. The van der Waals surface area contributed by atoms with E-state index in [1.165, 1.54) is 88.4 Å². The van der Waals surface area contributed by atoms with Crippen molar-refractivity contribution < 1.29 is 9.15 Å². The van der Waals surface area contributed by atoms with Crippen LogP contribution in [0.4, 0.5) is 0 Å². The first kappa shape index (κ1) is 27.0. The minimum atomic E-state index is -0.430. The van der Waals surface area contributed by atoms with Gasteiger partial charge in [-0.05, 0) is 91.2 Å². The molecular weight excluding hydrogens is 645 g/mol. The zero-order chi connectivity index (χ0) is 34.2. The maximum absolute atomic E-state index is 7.14. The molecule has 4 heteroatoms. The first-order valence-corrected chi connectivity index (χ1v) is 18.5. The van der Waals surface area contributed by atoms with Gasteiger partial charge in [0.1, 0.15) is 22.7 Å². The average molecular weight is 672 g/mol. The molecule has 0 saturated carbocycles. The molecule has 4 aliphatic rings. The van der Waals surface area contributed by atoms with E-state index in [2.05, 4.69) is 162 Å². The lowest BCUT2D eigenvalue weighted by atomic mass is 9.34. The van der Waals surface area contributed by atoms with E-state index in [4.69, 9.17) is 9.15 Å². The van der Waals surface area contributed by atoms with Crippen LogP contribution in [0.3, 0.4) is 0 Å². The molecule has 242 valence electrons. The van der Waals surface area contributed by atoms with Crippen molar-refractivity contribution in [3.63, 3.8) is 0 Å². The predicted molar refractivity (Wildman–Crippen MR) is 216 cm³/mol. The van der Waals surface area contributed by atoms with Crippen LogP contribution in [0.15, 0.2) is 162 Å². The lowest BCUT2D eigenvalue weighted by molar-refractivity contribution is 0.486. The van der Waals surface area contributed by atoms with Gasteiger partial charge in [-0.25, -0.2) is 0 Å². The van der Waals surface area contributed by atoms with Crippen LogP contribution < -0.4 is 21.1 Å². The smallest absolute Gasteiger partial charge is 0.256 e. The van der Waals surface area contributed by atoms with Gasteiger partial charge < -0.3 is 13.7 Å². The molecule has 14 rings (SSSR count). The molecule has 2 aliphatic carbocycles. The Bertz CT molecular complexity index is 3300. The molecular formula is C49H26BNO2. The number of para-hydroxylation sites is 2. The molecule has 0 unspecified atom stereocenters. The van der Waals surface area contributed by atoms with Gasteiger partial charge in [-0.1, -0.05) is 127 Å². The van der Waals surface area contributed by atoms with Crippen LogP contribution in [-0.2, 0) is 5.41 Å². The maximum Gasteiger partial charge on any atom is 0.256 e. The van der Waals surface area contributed by atoms with Crippen molar-refractivity contribution in [2.24, 2.45) is 0 Å². The van der Waals surface area contributed by atoms with E-state index < -0.39 is 5.41 Å². The van der Waals surface area contributed by atoms with E-state index in [0.717, 1.165) is 33.4 Å². The third-order valence-corrected chi connectivity index (χ3v) is 12.9. The van der Waals surface area contributed by atoms with Crippen LogP contribution in [0.5, 0.6) is 11.5 Å². The SMILES string of the molecule is c1ccc2c(c1)-c1ccccc1C21c2ccccc2-c2cc3c(cc21)Oc1cccc2c1B3c1cc3c4ccccc4oc3c3c4ccccc4n-2c13. The second-order valence-electron chi connectivity index (χ2n) is 15.1.